The number of amides is 1. The Labute approximate surface area is 208 Å². The number of hydrogen-bond acceptors (Lipinski definition) is 5. The molecule has 0 aliphatic heterocycles. The molecule has 3 aromatic rings. The number of nitrogens with two attached hydrogens (primary N) is 1. The molecule has 0 aromatic heterocycles. The summed E-state index contributed by atoms with van der Waals surface area (Å²) in [6.07, 6.45) is 0. The van der Waals surface area contributed by atoms with Crippen molar-refractivity contribution in [1.82, 2.24) is 0 Å². The number of hydrogen-bond donors (Lipinski definition) is 2. The van der Waals surface area contributed by atoms with Crippen molar-refractivity contribution in [2.75, 3.05) is 5.32 Å². The maximum absolute atomic E-state index is 13.1. The van der Waals surface area contributed by atoms with Gasteiger partial charge in [0.15, 0.2) is 0 Å². The molecule has 0 bridgehead atoms. The summed E-state index contributed by atoms with van der Waals surface area (Å²) in [5, 5.41) is 17.1. The number of carbonyl (C=O) groups excluding carboxylic acids is 1. The molecule has 182 valence electrons. The highest BCUT2D eigenvalue weighted by Crippen LogP contribution is 2.35. The van der Waals surface area contributed by atoms with Crippen LogP contribution in [-0.4, -0.2) is 14.3 Å². The molecule has 7 nitrogen and oxygen atoms in total. The van der Waals surface area contributed by atoms with Gasteiger partial charge in [-0.1, -0.05) is 51.9 Å². The van der Waals surface area contributed by atoms with Crippen LogP contribution in [0.4, 0.5) is 5.69 Å². The number of sulfonamides is 1. The monoisotopic (exact) mass is 503 g/mol. The number of nitriles is 1. The third-order valence-electron chi connectivity index (χ3n) is 4.79. The summed E-state index contributed by atoms with van der Waals surface area (Å²) < 4.78 is 29.2. The molecule has 0 unspecified atom stereocenters. The second-order valence-electron chi connectivity index (χ2n) is 8.35. The second-order valence-corrected chi connectivity index (χ2v) is 10.3. The largest absolute Gasteiger partial charge is 0.455 e. The SMILES string of the molecule is C.CC(C)(C)c1ccc(C(=O)Nc2cccc(S(N)(=O)=O)c2)c(Oc2ccc(C#N)cc2Cl)c1.[HH].[HH]. The zero-order chi connectivity index (χ0) is 24.4. The number of nitrogens with zero attached hydrogens (tertiary/aromatic N) is 1. The molecule has 3 N–H and O–H groups in total. The molecule has 0 saturated carbocycles. The van der Waals surface area contributed by atoms with Crippen molar-refractivity contribution in [2.45, 2.75) is 38.5 Å². The highest BCUT2D eigenvalue weighted by Gasteiger charge is 2.21. The van der Waals surface area contributed by atoms with Crippen molar-refractivity contribution in [3.8, 4) is 17.6 Å². The van der Waals surface area contributed by atoms with Gasteiger partial charge in [-0.3, -0.25) is 4.79 Å². The van der Waals surface area contributed by atoms with Crippen LogP contribution in [0.25, 0.3) is 0 Å². The van der Waals surface area contributed by atoms with Gasteiger partial charge in [0.2, 0.25) is 10.0 Å². The van der Waals surface area contributed by atoms with Crippen LogP contribution in [0.2, 0.25) is 5.02 Å². The molecular formula is C25H30ClN3O4S. The molecule has 0 aliphatic rings. The minimum absolute atomic E-state index is 0. The average molecular weight is 504 g/mol. The number of ether oxygens (including phenoxy) is 1. The molecule has 34 heavy (non-hydrogen) atoms. The van der Waals surface area contributed by atoms with Gasteiger partial charge in [0.25, 0.3) is 5.91 Å². The summed E-state index contributed by atoms with van der Waals surface area (Å²) in [5.74, 6) is 0.0305. The summed E-state index contributed by atoms with van der Waals surface area (Å²) >= 11 is 6.26. The number of carbonyl (C=O) groups is 1. The van der Waals surface area contributed by atoms with Crippen LogP contribution in [-0.2, 0) is 15.4 Å². The molecule has 3 rings (SSSR count). The summed E-state index contributed by atoms with van der Waals surface area (Å²) in [6, 6.07) is 17.4. The first-order valence-electron chi connectivity index (χ1n) is 9.85. The molecule has 0 fully saturated rings. The average Bonchev–Trinajstić information content (AvgIpc) is 2.74. The Morgan fingerprint density at radius 1 is 1.09 bits per heavy atom. The van der Waals surface area contributed by atoms with E-state index in [1.807, 2.05) is 32.9 Å². The molecular weight excluding hydrogens is 474 g/mol. The number of halogens is 1. The van der Waals surface area contributed by atoms with Gasteiger partial charge in [-0.15, -0.1) is 0 Å². The zero-order valence-corrected chi connectivity index (χ0v) is 19.8. The van der Waals surface area contributed by atoms with Crippen molar-refractivity contribution < 1.29 is 20.8 Å². The third-order valence-corrected chi connectivity index (χ3v) is 6.00. The Morgan fingerprint density at radius 2 is 1.79 bits per heavy atom. The van der Waals surface area contributed by atoms with Gasteiger partial charge < -0.3 is 10.1 Å². The number of primary sulfonamides is 1. The summed E-state index contributed by atoms with van der Waals surface area (Å²) in [4.78, 5) is 13.0. The summed E-state index contributed by atoms with van der Waals surface area (Å²) in [6.45, 7) is 6.08. The molecule has 0 saturated heterocycles. The van der Waals surface area contributed by atoms with E-state index >= 15 is 0 Å². The molecule has 9 heteroatoms. The van der Waals surface area contributed by atoms with Crippen LogP contribution in [0.1, 0.15) is 52.5 Å². The van der Waals surface area contributed by atoms with E-state index in [2.05, 4.69) is 5.32 Å². The van der Waals surface area contributed by atoms with Gasteiger partial charge in [-0.05, 0) is 59.5 Å². The lowest BCUT2D eigenvalue weighted by Gasteiger charge is -2.21. The smallest absolute Gasteiger partial charge is 0.259 e. The Bertz CT molecular complexity index is 1380. The van der Waals surface area contributed by atoms with Crippen LogP contribution in [0.5, 0.6) is 11.5 Å². The lowest BCUT2D eigenvalue weighted by molar-refractivity contribution is 0.102. The topological polar surface area (TPSA) is 122 Å². The van der Waals surface area contributed by atoms with Crippen LogP contribution < -0.4 is 15.2 Å². The van der Waals surface area contributed by atoms with Gasteiger partial charge in [-0.2, -0.15) is 5.26 Å². The van der Waals surface area contributed by atoms with E-state index in [-0.39, 0.29) is 48.4 Å². The highest BCUT2D eigenvalue weighted by molar-refractivity contribution is 7.89. The zero-order valence-electron chi connectivity index (χ0n) is 18.2. The Hall–Kier alpha value is -3.38. The van der Waals surface area contributed by atoms with Crippen molar-refractivity contribution in [3.05, 3.63) is 82.4 Å². The minimum Gasteiger partial charge on any atom is -0.455 e. The molecule has 0 aliphatic carbocycles. The maximum Gasteiger partial charge on any atom is 0.259 e. The fraction of sp³-hybridized carbons (Fsp3) is 0.200. The first-order valence-corrected chi connectivity index (χ1v) is 11.8. The molecule has 0 radical (unpaired) electrons. The van der Waals surface area contributed by atoms with Crippen molar-refractivity contribution in [3.63, 3.8) is 0 Å². The van der Waals surface area contributed by atoms with Crippen LogP contribution in [0, 0.1) is 11.3 Å². The first-order chi connectivity index (χ1) is 15.4. The van der Waals surface area contributed by atoms with Gasteiger partial charge in [0.1, 0.15) is 11.5 Å². The second kappa shape index (κ2) is 10.3. The molecule has 1 amide bonds. The first kappa shape index (κ1) is 26.9. The van der Waals surface area contributed by atoms with E-state index in [0.717, 1.165) is 5.56 Å². The minimum atomic E-state index is -3.92. The van der Waals surface area contributed by atoms with Crippen molar-refractivity contribution in [1.29, 1.82) is 5.26 Å². The number of anilines is 1. The van der Waals surface area contributed by atoms with Crippen LogP contribution in [0.3, 0.4) is 0 Å². The van der Waals surface area contributed by atoms with E-state index in [4.69, 9.17) is 26.7 Å². The Morgan fingerprint density at radius 3 is 2.38 bits per heavy atom. The predicted molar refractivity (Wildman–Crippen MR) is 138 cm³/mol. The highest BCUT2D eigenvalue weighted by atomic mass is 35.5. The molecule has 3 aromatic carbocycles. The van der Waals surface area contributed by atoms with Crippen molar-refractivity contribution in [2.24, 2.45) is 5.14 Å². The van der Waals surface area contributed by atoms with E-state index < -0.39 is 15.9 Å². The fourth-order valence-corrected chi connectivity index (χ4v) is 3.76. The standard InChI is InChI=1S/C24H22ClN3O4S.CH4.2H2/c1-24(2,3)16-8-9-19(22(12-16)32-21-10-7-15(14-26)11-20(21)25)23(29)28-17-5-4-6-18(13-17)33(27,30)31;;;/h4-13H,1-3H3,(H,28,29)(H2,27,30,31);1H4;2*1H. The van der Waals surface area contributed by atoms with E-state index in [1.165, 1.54) is 24.3 Å². The quantitative estimate of drug-likeness (QED) is 0.421. The van der Waals surface area contributed by atoms with Gasteiger partial charge in [0, 0.05) is 8.54 Å². The summed E-state index contributed by atoms with van der Waals surface area (Å²) in [5.41, 5.74) is 1.56. The predicted octanol–water partition coefficient (Wildman–Crippen LogP) is 6.33. The number of benzene rings is 3. The molecule has 0 spiro atoms. The normalized spacial score (nSPS) is 11.2. The maximum atomic E-state index is 13.1. The number of nitrogens with one attached hydrogen (secondary N) is 1. The molecule has 0 atom stereocenters. The van der Waals surface area contributed by atoms with E-state index in [9.17, 15) is 13.2 Å². The summed E-state index contributed by atoms with van der Waals surface area (Å²) in [7, 11) is -3.92. The van der Waals surface area contributed by atoms with E-state index in [1.54, 1.807) is 30.3 Å². The van der Waals surface area contributed by atoms with Gasteiger partial charge in [-0.25, -0.2) is 13.6 Å². The molecule has 0 heterocycles. The fourth-order valence-electron chi connectivity index (χ4n) is 2.98. The van der Waals surface area contributed by atoms with E-state index in [0.29, 0.717) is 5.56 Å². The Kier molecular flexibility index (Phi) is 8.11. The third kappa shape index (κ3) is 6.35. The van der Waals surface area contributed by atoms with Crippen LogP contribution >= 0.6 is 11.6 Å². The van der Waals surface area contributed by atoms with Gasteiger partial charge >= 0.3 is 0 Å². The lowest BCUT2D eigenvalue weighted by Crippen LogP contribution is -2.17. The Balaban J connectivity index is 0.00000408. The van der Waals surface area contributed by atoms with Crippen molar-refractivity contribution >= 4 is 33.2 Å². The van der Waals surface area contributed by atoms with Crippen LogP contribution in [0.15, 0.2) is 65.6 Å². The number of rotatable bonds is 5. The van der Waals surface area contributed by atoms with Gasteiger partial charge in [0.05, 0.1) is 27.1 Å². The lowest BCUT2D eigenvalue weighted by atomic mass is 9.86.